The number of benzene rings is 1. The molecule has 100 valence electrons. The normalized spacial score (nSPS) is 11.4. The highest BCUT2D eigenvalue weighted by molar-refractivity contribution is 5.85. The second kappa shape index (κ2) is 6.98. The molecule has 1 atom stereocenters. The predicted octanol–water partition coefficient (Wildman–Crippen LogP) is 3.00. The maximum atomic E-state index is 10.9. The van der Waals surface area contributed by atoms with Crippen molar-refractivity contribution >= 4 is 18.1 Å². The number of nitrogens with two attached hydrogens (primary N) is 1. The number of rotatable bonds is 5. The van der Waals surface area contributed by atoms with Crippen LogP contribution in [-0.4, -0.2) is 10.0 Å². The van der Waals surface area contributed by atoms with E-state index in [1.54, 1.807) is 13.0 Å². The number of hydrogen-bond donors (Lipinski definition) is 2. The van der Waals surface area contributed by atoms with E-state index in [2.05, 4.69) is 6.58 Å². The molecule has 6 heteroatoms. The first kappa shape index (κ1) is 16.4. The van der Waals surface area contributed by atoms with Crippen LogP contribution in [0.25, 0.3) is 0 Å². The summed E-state index contributed by atoms with van der Waals surface area (Å²) in [7, 11) is 0. The predicted molar refractivity (Wildman–Crippen MR) is 73.1 cm³/mol. The Bertz CT molecular complexity index is 449. The molecule has 1 aromatic carbocycles. The minimum absolute atomic E-state index is 0. The van der Waals surface area contributed by atoms with E-state index in [1.165, 1.54) is 12.1 Å². The zero-order valence-corrected chi connectivity index (χ0v) is 10.9. The third-order valence-electron chi connectivity index (χ3n) is 2.65. The summed E-state index contributed by atoms with van der Waals surface area (Å²) >= 11 is 0. The van der Waals surface area contributed by atoms with Crippen LogP contribution in [0, 0.1) is 17.0 Å². The number of nitro groups is 1. The van der Waals surface area contributed by atoms with Gasteiger partial charge in [-0.3, -0.25) is 10.1 Å². The SMILES string of the molecule is C=CCC[C@H](N)c1c([N+](=O)[O-])ccc(C)c1O.Cl. The molecule has 0 unspecified atom stereocenters. The molecule has 0 amide bonds. The second-order valence-corrected chi connectivity index (χ2v) is 3.89. The monoisotopic (exact) mass is 272 g/mol. The highest BCUT2D eigenvalue weighted by Gasteiger charge is 2.24. The van der Waals surface area contributed by atoms with Gasteiger partial charge in [0.2, 0.25) is 0 Å². The largest absolute Gasteiger partial charge is 0.507 e. The van der Waals surface area contributed by atoms with Gasteiger partial charge >= 0.3 is 0 Å². The van der Waals surface area contributed by atoms with Crippen LogP contribution in [0.2, 0.25) is 0 Å². The zero-order valence-electron chi connectivity index (χ0n) is 10.1. The Morgan fingerprint density at radius 3 is 2.72 bits per heavy atom. The molecule has 0 aromatic heterocycles. The minimum atomic E-state index is -0.562. The van der Waals surface area contributed by atoms with Crippen molar-refractivity contribution < 1.29 is 10.0 Å². The molecule has 0 aliphatic carbocycles. The lowest BCUT2D eigenvalue weighted by Crippen LogP contribution is -2.12. The van der Waals surface area contributed by atoms with Crippen molar-refractivity contribution in [3.8, 4) is 5.75 Å². The van der Waals surface area contributed by atoms with Gasteiger partial charge in [-0.2, -0.15) is 0 Å². The Balaban J connectivity index is 0.00000289. The summed E-state index contributed by atoms with van der Waals surface area (Å²) in [6, 6.07) is 2.32. The number of phenols is 1. The van der Waals surface area contributed by atoms with Gasteiger partial charge in [0.1, 0.15) is 5.75 Å². The first-order valence-electron chi connectivity index (χ1n) is 5.32. The summed E-state index contributed by atoms with van der Waals surface area (Å²) in [5.41, 5.74) is 6.53. The molecule has 1 aromatic rings. The lowest BCUT2D eigenvalue weighted by molar-refractivity contribution is -0.385. The second-order valence-electron chi connectivity index (χ2n) is 3.89. The van der Waals surface area contributed by atoms with Crippen molar-refractivity contribution in [1.82, 2.24) is 0 Å². The van der Waals surface area contributed by atoms with Crippen molar-refractivity contribution in [2.45, 2.75) is 25.8 Å². The average Bonchev–Trinajstić information content (AvgIpc) is 2.28. The molecule has 0 fully saturated rings. The number of allylic oxidation sites excluding steroid dienone is 1. The highest BCUT2D eigenvalue weighted by atomic mass is 35.5. The molecule has 3 N–H and O–H groups in total. The van der Waals surface area contributed by atoms with Crippen LogP contribution in [0.5, 0.6) is 5.75 Å². The molecule has 0 bridgehead atoms. The fourth-order valence-corrected chi connectivity index (χ4v) is 1.67. The lowest BCUT2D eigenvalue weighted by atomic mass is 9.97. The van der Waals surface area contributed by atoms with Crippen molar-refractivity contribution in [2.75, 3.05) is 0 Å². The van der Waals surface area contributed by atoms with E-state index >= 15 is 0 Å². The van der Waals surface area contributed by atoms with Crippen LogP contribution < -0.4 is 5.73 Å². The molecule has 0 aliphatic heterocycles. The van der Waals surface area contributed by atoms with Gasteiger partial charge in [-0.1, -0.05) is 6.08 Å². The molecule has 1 rings (SSSR count). The van der Waals surface area contributed by atoms with Crippen LogP contribution in [0.3, 0.4) is 0 Å². The minimum Gasteiger partial charge on any atom is -0.507 e. The van der Waals surface area contributed by atoms with Gasteiger partial charge in [-0.15, -0.1) is 19.0 Å². The van der Waals surface area contributed by atoms with Crippen LogP contribution in [0.1, 0.15) is 30.0 Å². The number of nitro benzene ring substituents is 1. The van der Waals surface area contributed by atoms with Crippen molar-refractivity contribution in [1.29, 1.82) is 0 Å². The summed E-state index contributed by atoms with van der Waals surface area (Å²) < 4.78 is 0. The Kier molecular flexibility index (Phi) is 6.36. The first-order chi connectivity index (χ1) is 7.99. The Morgan fingerprint density at radius 1 is 1.61 bits per heavy atom. The van der Waals surface area contributed by atoms with Gasteiger partial charge in [-0.25, -0.2) is 0 Å². The number of aromatic hydroxyl groups is 1. The fourth-order valence-electron chi connectivity index (χ4n) is 1.67. The molecule has 0 radical (unpaired) electrons. The van der Waals surface area contributed by atoms with E-state index in [-0.39, 0.29) is 29.4 Å². The standard InChI is InChI=1S/C12H16N2O3.ClH/c1-3-4-5-9(13)11-10(14(16)17)7-6-8(2)12(11)15;/h3,6-7,9,15H,1,4-5,13H2,2H3;1H/t9-;/m0./s1. The smallest absolute Gasteiger partial charge is 0.277 e. The number of halogens is 1. The summed E-state index contributed by atoms with van der Waals surface area (Å²) in [4.78, 5) is 10.4. The van der Waals surface area contributed by atoms with Gasteiger partial charge in [-0.05, 0) is 31.4 Å². The van der Waals surface area contributed by atoms with Gasteiger partial charge in [0.15, 0.2) is 0 Å². The topological polar surface area (TPSA) is 89.4 Å². The van der Waals surface area contributed by atoms with Crippen molar-refractivity contribution in [3.63, 3.8) is 0 Å². The molecule has 0 heterocycles. The summed E-state index contributed by atoms with van der Waals surface area (Å²) in [6.07, 6.45) is 2.85. The van der Waals surface area contributed by atoms with Gasteiger partial charge in [0, 0.05) is 12.1 Å². The van der Waals surface area contributed by atoms with Crippen molar-refractivity contribution in [2.24, 2.45) is 5.73 Å². The van der Waals surface area contributed by atoms with Crippen molar-refractivity contribution in [3.05, 3.63) is 46.0 Å². The molecule has 0 saturated carbocycles. The van der Waals surface area contributed by atoms with E-state index in [1.807, 2.05) is 0 Å². The van der Waals surface area contributed by atoms with E-state index in [0.717, 1.165) is 0 Å². The molecule has 18 heavy (non-hydrogen) atoms. The van der Waals surface area contributed by atoms with Crippen LogP contribution in [0.4, 0.5) is 5.69 Å². The Labute approximate surface area is 112 Å². The molecular weight excluding hydrogens is 256 g/mol. The lowest BCUT2D eigenvalue weighted by Gasteiger charge is -2.14. The van der Waals surface area contributed by atoms with Gasteiger partial charge in [0.05, 0.1) is 10.5 Å². The molecule has 5 nitrogen and oxygen atoms in total. The molecule has 0 spiro atoms. The van der Waals surface area contributed by atoms with E-state index in [9.17, 15) is 15.2 Å². The van der Waals surface area contributed by atoms with Crippen LogP contribution in [0.15, 0.2) is 24.8 Å². The van der Waals surface area contributed by atoms with Crippen LogP contribution >= 0.6 is 12.4 Å². The average molecular weight is 273 g/mol. The highest BCUT2D eigenvalue weighted by Crippen LogP contribution is 2.36. The quantitative estimate of drug-likeness (QED) is 0.490. The Hall–Kier alpha value is -1.59. The number of phenolic OH excluding ortho intramolecular Hbond substituents is 1. The summed E-state index contributed by atoms with van der Waals surface area (Å²) in [5, 5.41) is 20.8. The number of nitrogens with zero attached hydrogens (tertiary/aromatic N) is 1. The maximum Gasteiger partial charge on any atom is 0.277 e. The molecule has 0 aliphatic rings. The van der Waals surface area contributed by atoms with E-state index in [4.69, 9.17) is 5.73 Å². The van der Waals surface area contributed by atoms with Gasteiger partial charge < -0.3 is 10.8 Å². The molecule has 0 saturated heterocycles. The summed E-state index contributed by atoms with van der Waals surface area (Å²) in [5.74, 6) is -0.0873. The zero-order chi connectivity index (χ0) is 13.0. The Morgan fingerprint density at radius 2 is 2.22 bits per heavy atom. The third-order valence-corrected chi connectivity index (χ3v) is 2.65. The number of hydrogen-bond acceptors (Lipinski definition) is 4. The maximum absolute atomic E-state index is 10.9. The van der Waals surface area contributed by atoms with E-state index in [0.29, 0.717) is 18.4 Å². The van der Waals surface area contributed by atoms with Gasteiger partial charge in [0.25, 0.3) is 5.69 Å². The van der Waals surface area contributed by atoms with E-state index < -0.39 is 11.0 Å². The summed E-state index contributed by atoms with van der Waals surface area (Å²) in [6.45, 7) is 5.26. The first-order valence-corrected chi connectivity index (χ1v) is 5.32. The fraction of sp³-hybridized carbons (Fsp3) is 0.333. The van der Waals surface area contributed by atoms with Crippen LogP contribution in [-0.2, 0) is 0 Å². The number of aryl methyl sites for hydroxylation is 1. The molecular formula is C12H17ClN2O3. The third kappa shape index (κ3) is 3.45.